The Hall–Kier alpha value is -2.35. The summed E-state index contributed by atoms with van der Waals surface area (Å²) < 4.78 is 19.7. The van der Waals surface area contributed by atoms with Crippen LogP contribution in [0.3, 0.4) is 0 Å². The van der Waals surface area contributed by atoms with Gasteiger partial charge in [0.1, 0.15) is 11.6 Å². The summed E-state index contributed by atoms with van der Waals surface area (Å²) in [6, 6.07) is 11.2. The van der Waals surface area contributed by atoms with Gasteiger partial charge < -0.3 is 19.4 Å². The van der Waals surface area contributed by atoms with E-state index in [1.807, 2.05) is 17.0 Å². The molecule has 0 aliphatic carbocycles. The Balaban J connectivity index is 1.45. The molecule has 0 spiro atoms. The molecule has 0 radical (unpaired) electrons. The van der Waals surface area contributed by atoms with Crippen molar-refractivity contribution in [2.75, 3.05) is 52.9 Å². The maximum absolute atomic E-state index is 13.5. The molecule has 2 aliphatic heterocycles. The Morgan fingerprint density at radius 2 is 1.60 bits per heavy atom. The predicted molar refractivity (Wildman–Crippen MR) is 135 cm³/mol. The van der Waals surface area contributed by atoms with Crippen LogP contribution in [0, 0.1) is 11.2 Å². The summed E-state index contributed by atoms with van der Waals surface area (Å²) in [7, 11) is 2.06. The number of hydrogen-bond donors (Lipinski definition) is 0. The molecule has 0 aromatic heterocycles. The van der Waals surface area contributed by atoms with E-state index in [9.17, 15) is 14.0 Å². The fourth-order valence-electron chi connectivity index (χ4n) is 4.62. The van der Waals surface area contributed by atoms with Crippen LogP contribution >= 0.6 is 23.2 Å². The number of benzene rings is 2. The number of halogens is 3. The van der Waals surface area contributed by atoms with Gasteiger partial charge >= 0.3 is 0 Å². The highest BCUT2D eigenvalue weighted by Crippen LogP contribution is 2.37. The SMILES string of the molecule is CN1CCN(C(=O)CC2(COc3ccc(Cl)cc3)CCN(C(=O)c3ccc(F)c(Cl)c3)CC2)CC1. The molecule has 2 aliphatic rings. The number of rotatable bonds is 6. The number of likely N-dealkylation sites (N-methyl/N-ethyl adjacent to an activating group) is 1. The van der Waals surface area contributed by atoms with Gasteiger partial charge in [0.2, 0.25) is 5.91 Å². The highest BCUT2D eigenvalue weighted by Gasteiger charge is 2.40. The zero-order chi connectivity index (χ0) is 25.0. The van der Waals surface area contributed by atoms with Gasteiger partial charge in [-0.1, -0.05) is 23.2 Å². The third kappa shape index (κ3) is 6.46. The van der Waals surface area contributed by atoms with Crippen molar-refractivity contribution >= 4 is 35.0 Å². The summed E-state index contributed by atoms with van der Waals surface area (Å²) in [5.74, 6) is 0.0790. The first kappa shape index (κ1) is 25.7. The van der Waals surface area contributed by atoms with Crippen LogP contribution in [0.5, 0.6) is 5.75 Å². The van der Waals surface area contributed by atoms with Gasteiger partial charge in [0.25, 0.3) is 5.91 Å². The van der Waals surface area contributed by atoms with Crippen LogP contribution in [-0.2, 0) is 4.79 Å². The molecule has 2 saturated heterocycles. The smallest absolute Gasteiger partial charge is 0.253 e. The van der Waals surface area contributed by atoms with Crippen LogP contribution in [0.1, 0.15) is 29.6 Å². The number of hydrogen-bond acceptors (Lipinski definition) is 4. The van der Waals surface area contributed by atoms with Crippen molar-refractivity contribution in [3.8, 4) is 5.75 Å². The van der Waals surface area contributed by atoms with E-state index in [1.165, 1.54) is 18.2 Å². The molecule has 0 saturated carbocycles. The quantitative estimate of drug-likeness (QED) is 0.557. The fraction of sp³-hybridized carbons (Fsp3) is 0.462. The van der Waals surface area contributed by atoms with Crippen molar-refractivity contribution in [1.82, 2.24) is 14.7 Å². The van der Waals surface area contributed by atoms with Crippen LogP contribution < -0.4 is 4.74 Å². The Kier molecular flexibility index (Phi) is 8.19. The lowest BCUT2D eigenvalue weighted by molar-refractivity contribution is -0.136. The number of piperazine rings is 1. The minimum absolute atomic E-state index is 0.0728. The maximum Gasteiger partial charge on any atom is 0.253 e. The molecule has 4 rings (SSSR count). The van der Waals surface area contributed by atoms with Gasteiger partial charge in [-0.3, -0.25) is 9.59 Å². The van der Waals surface area contributed by atoms with Gasteiger partial charge in [0.15, 0.2) is 0 Å². The lowest BCUT2D eigenvalue weighted by atomic mass is 9.75. The van der Waals surface area contributed by atoms with Gasteiger partial charge in [0.05, 0.1) is 11.6 Å². The second kappa shape index (κ2) is 11.1. The van der Waals surface area contributed by atoms with E-state index in [1.54, 1.807) is 17.0 Å². The maximum atomic E-state index is 13.5. The number of amides is 2. The van der Waals surface area contributed by atoms with E-state index in [-0.39, 0.29) is 16.8 Å². The number of likely N-dealkylation sites (tertiary alicyclic amines) is 1. The minimum Gasteiger partial charge on any atom is -0.493 e. The van der Waals surface area contributed by atoms with Gasteiger partial charge in [-0.15, -0.1) is 0 Å². The molecule has 0 bridgehead atoms. The summed E-state index contributed by atoms with van der Waals surface area (Å²) in [6.07, 6.45) is 1.62. The molecule has 0 N–H and O–H groups in total. The Labute approximate surface area is 215 Å². The van der Waals surface area contributed by atoms with Crippen LogP contribution in [0.15, 0.2) is 42.5 Å². The summed E-state index contributed by atoms with van der Waals surface area (Å²) in [4.78, 5) is 32.1. The molecule has 188 valence electrons. The highest BCUT2D eigenvalue weighted by atomic mass is 35.5. The summed E-state index contributed by atoms with van der Waals surface area (Å²) in [5.41, 5.74) is -0.0353. The van der Waals surface area contributed by atoms with Crippen molar-refractivity contribution in [3.63, 3.8) is 0 Å². The van der Waals surface area contributed by atoms with E-state index < -0.39 is 11.2 Å². The summed E-state index contributed by atoms with van der Waals surface area (Å²) in [6.45, 7) is 4.50. The largest absolute Gasteiger partial charge is 0.493 e. The topological polar surface area (TPSA) is 53.1 Å². The second-order valence-corrected chi connectivity index (χ2v) is 10.4. The molecule has 2 fully saturated rings. The lowest BCUT2D eigenvalue weighted by Gasteiger charge is -2.42. The minimum atomic E-state index is -0.553. The Bertz CT molecular complexity index is 1050. The monoisotopic (exact) mass is 521 g/mol. The molecular weight excluding hydrogens is 492 g/mol. The van der Waals surface area contributed by atoms with Crippen molar-refractivity contribution in [2.24, 2.45) is 5.41 Å². The van der Waals surface area contributed by atoms with Crippen LogP contribution in [0.4, 0.5) is 4.39 Å². The average Bonchev–Trinajstić information content (AvgIpc) is 2.86. The molecule has 6 nitrogen and oxygen atoms in total. The molecule has 0 atom stereocenters. The summed E-state index contributed by atoms with van der Waals surface area (Å²) >= 11 is 11.9. The van der Waals surface area contributed by atoms with Crippen molar-refractivity contribution in [3.05, 3.63) is 63.9 Å². The molecule has 0 unspecified atom stereocenters. The van der Waals surface area contributed by atoms with Crippen molar-refractivity contribution in [1.29, 1.82) is 0 Å². The molecular formula is C26H30Cl2FN3O3. The van der Waals surface area contributed by atoms with E-state index >= 15 is 0 Å². The molecule has 2 aromatic rings. The average molecular weight is 522 g/mol. The first-order valence-corrected chi connectivity index (χ1v) is 12.6. The highest BCUT2D eigenvalue weighted by molar-refractivity contribution is 6.31. The van der Waals surface area contributed by atoms with Crippen molar-refractivity contribution in [2.45, 2.75) is 19.3 Å². The molecule has 35 heavy (non-hydrogen) atoms. The first-order chi connectivity index (χ1) is 16.7. The predicted octanol–water partition coefficient (Wildman–Crippen LogP) is 4.60. The Morgan fingerprint density at radius 3 is 2.23 bits per heavy atom. The molecule has 9 heteroatoms. The third-order valence-corrected chi connectivity index (χ3v) is 7.56. The standard InChI is InChI=1S/C26H30Cl2FN3O3/c1-30-12-14-31(15-13-30)24(33)17-26(18-35-21-5-3-20(27)4-6-21)8-10-32(11-9-26)25(34)19-2-7-23(29)22(28)16-19/h2-7,16H,8-15,17-18H2,1H3. The normalized spacial score (nSPS) is 18.4. The number of piperidine rings is 1. The zero-order valence-corrected chi connectivity index (χ0v) is 21.3. The van der Waals surface area contributed by atoms with Crippen LogP contribution in [-0.4, -0.2) is 79.4 Å². The van der Waals surface area contributed by atoms with Gasteiger partial charge in [0, 0.05) is 61.7 Å². The number of carbonyl (C=O) groups excluding carboxylic acids is 2. The molecule has 2 amide bonds. The number of ether oxygens (including phenoxy) is 1. The third-order valence-electron chi connectivity index (χ3n) is 7.02. The summed E-state index contributed by atoms with van der Waals surface area (Å²) in [5, 5.41) is 0.557. The molecule has 2 aromatic carbocycles. The van der Waals surface area contributed by atoms with Crippen LogP contribution in [0.2, 0.25) is 10.0 Å². The van der Waals surface area contributed by atoms with E-state index in [0.717, 1.165) is 26.2 Å². The van der Waals surface area contributed by atoms with Crippen LogP contribution in [0.25, 0.3) is 0 Å². The van der Waals surface area contributed by atoms with Gasteiger partial charge in [-0.05, 0) is 62.4 Å². The van der Waals surface area contributed by atoms with Gasteiger partial charge in [-0.2, -0.15) is 0 Å². The lowest BCUT2D eigenvalue weighted by Crippen LogP contribution is -2.51. The fourth-order valence-corrected chi connectivity index (χ4v) is 4.93. The number of carbonyl (C=O) groups is 2. The van der Waals surface area contributed by atoms with E-state index in [0.29, 0.717) is 55.3 Å². The second-order valence-electron chi connectivity index (χ2n) is 9.52. The van der Waals surface area contributed by atoms with E-state index in [4.69, 9.17) is 27.9 Å². The Morgan fingerprint density at radius 1 is 0.943 bits per heavy atom. The van der Waals surface area contributed by atoms with Gasteiger partial charge in [-0.25, -0.2) is 4.39 Å². The van der Waals surface area contributed by atoms with Crippen molar-refractivity contribution < 1.29 is 18.7 Å². The molecule has 2 heterocycles. The van der Waals surface area contributed by atoms with E-state index in [2.05, 4.69) is 11.9 Å². The number of nitrogens with zero attached hydrogens (tertiary/aromatic N) is 3. The zero-order valence-electron chi connectivity index (χ0n) is 19.8. The first-order valence-electron chi connectivity index (χ1n) is 11.8.